The molecule has 0 saturated carbocycles. The van der Waals surface area contributed by atoms with E-state index in [1.54, 1.807) is 17.0 Å². The van der Waals surface area contributed by atoms with Gasteiger partial charge in [0.25, 0.3) is 0 Å². The number of sulfonamides is 1. The molecule has 0 radical (unpaired) electrons. The van der Waals surface area contributed by atoms with Gasteiger partial charge in [0.2, 0.25) is 10.0 Å². The summed E-state index contributed by atoms with van der Waals surface area (Å²) in [7, 11) is -3.53. The van der Waals surface area contributed by atoms with Crippen molar-refractivity contribution in [2.75, 3.05) is 25.0 Å². The Morgan fingerprint density at radius 2 is 1.82 bits per heavy atom. The number of rotatable bonds is 5. The Morgan fingerprint density at radius 3 is 2.41 bits per heavy atom. The molecule has 22 heavy (non-hydrogen) atoms. The summed E-state index contributed by atoms with van der Waals surface area (Å²) in [6.07, 6.45) is 4.69. The molecule has 1 heterocycles. The first-order valence-electron chi connectivity index (χ1n) is 7.29. The van der Waals surface area contributed by atoms with Crippen LogP contribution in [0.25, 0.3) is 0 Å². The van der Waals surface area contributed by atoms with Crippen LogP contribution >= 0.6 is 0 Å². The van der Waals surface area contributed by atoms with E-state index >= 15 is 0 Å². The molecule has 0 aliphatic carbocycles. The van der Waals surface area contributed by atoms with Crippen molar-refractivity contribution in [3.05, 3.63) is 36.9 Å². The summed E-state index contributed by atoms with van der Waals surface area (Å²) in [4.78, 5) is 14.0. The number of piperidine rings is 1. The molecule has 120 valence electrons. The van der Waals surface area contributed by atoms with E-state index in [4.69, 9.17) is 0 Å². The zero-order valence-electron chi connectivity index (χ0n) is 12.4. The van der Waals surface area contributed by atoms with Gasteiger partial charge in [-0.3, -0.25) is 0 Å². The van der Waals surface area contributed by atoms with Crippen LogP contribution in [0.4, 0.5) is 10.5 Å². The van der Waals surface area contributed by atoms with Crippen LogP contribution < -0.4 is 10.0 Å². The summed E-state index contributed by atoms with van der Waals surface area (Å²) in [5.41, 5.74) is 0.582. The SMILES string of the molecule is C=CCNS(=O)(=O)c1ccc(NC(=O)N2CCCCC2)cc1. The zero-order chi connectivity index (χ0) is 16.0. The Balaban J connectivity index is 1.99. The van der Waals surface area contributed by atoms with Gasteiger partial charge in [-0.25, -0.2) is 17.9 Å². The number of carbonyl (C=O) groups excluding carboxylic acids is 1. The predicted molar refractivity (Wildman–Crippen MR) is 86.3 cm³/mol. The van der Waals surface area contributed by atoms with E-state index in [9.17, 15) is 13.2 Å². The maximum atomic E-state index is 12.1. The number of nitrogens with zero attached hydrogens (tertiary/aromatic N) is 1. The molecule has 1 aliphatic rings. The molecule has 1 saturated heterocycles. The Hall–Kier alpha value is -1.86. The Kier molecular flexibility index (Phi) is 5.57. The van der Waals surface area contributed by atoms with Crippen LogP contribution in [-0.4, -0.2) is 39.0 Å². The molecule has 0 atom stereocenters. The summed E-state index contributed by atoms with van der Waals surface area (Å²) in [6.45, 7) is 5.18. The third kappa shape index (κ3) is 4.32. The van der Waals surface area contributed by atoms with Gasteiger partial charge >= 0.3 is 6.03 Å². The lowest BCUT2D eigenvalue weighted by Gasteiger charge is -2.26. The van der Waals surface area contributed by atoms with E-state index in [-0.39, 0.29) is 17.5 Å². The molecule has 1 aliphatic heterocycles. The third-order valence-electron chi connectivity index (χ3n) is 3.48. The largest absolute Gasteiger partial charge is 0.325 e. The molecule has 6 nitrogen and oxygen atoms in total. The van der Waals surface area contributed by atoms with Crippen molar-refractivity contribution >= 4 is 21.7 Å². The predicted octanol–water partition coefficient (Wildman–Crippen LogP) is 2.17. The number of benzene rings is 1. The van der Waals surface area contributed by atoms with Gasteiger partial charge in [0.1, 0.15) is 0 Å². The lowest BCUT2D eigenvalue weighted by Crippen LogP contribution is -2.38. The molecule has 1 fully saturated rings. The highest BCUT2D eigenvalue weighted by Gasteiger charge is 2.17. The molecule has 0 aromatic heterocycles. The quantitative estimate of drug-likeness (QED) is 0.815. The number of likely N-dealkylation sites (tertiary alicyclic amines) is 1. The van der Waals surface area contributed by atoms with E-state index in [1.165, 1.54) is 18.2 Å². The topological polar surface area (TPSA) is 78.5 Å². The van der Waals surface area contributed by atoms with Crippen molar-refractivity contribution in [1.29, 1.82) is 0 Å². The highest BCUT2D eigenvalue weighted by Crippen LogP contribution is 2.16. The van der Waals surface area contributed by atoms with Crippen LogP contribution in [0, 0.1) is 0 Å². The van der Waals surface area contributed by atoms with Crippen LogP contribution in [0.1, 0.15) is 19.3 Å². The van der Waals surface area contributed by atoms with E-state index in [0.29, 0.717) is 5.69 Å². The summed E-state index contributed by atoms with van der Waals surface area (Å²) < 4.78 is 26.2. The van der Waals surface area contributed by atoms with Gasteiger partial charge in [-0.2, -0.15) is 0 Å². The Morgan fingerprint density at radius 1 is 1.18 bits per heavy atom. The molecule has 0 unspecified atom stereocenters. The molecular formula is C15H21N3O3S. The molecule has 1 aromatic carbocycles. The first-order chi connectivity index (χ1) is 10.5. The normalized spacial score (nSPS) is 15.4. The van der Waals surface area contributed by atoms with Gasteiger partial charge in [0, 0.05) is 25.3 Å². The van der Waals surface area contributed by atoms with Crippen molar-refractivity contribution in [3.8, 4) is 0 Å². The zero-order valence-corrected chi connectivity index (χ0v) is 13.2. The minimum Gasteiger partial charge on any atom is -0.325 e. The molecule has 2 N–H and O–H groups in total. The second kappa shape index (κ2) is 7.42. The highest BCUT2D eigenvalue weighted by molar-refractivity contribution is 7.89. The molecule has 1 aromatic rings. The third-order valence-corrected chi connectivity index (χ3v) is 4.92. The minimum atomic E-state index is -3.53. The fourth-order valence-corrected chi connectivity index (χ4v) is 3.27. The number of nitrogens with one attached hydrogen (secondary N) is 2. The van der Waals surface area contributed by atoms with Crippen molar-refractivity contribution < 1.29 is 13.2 Å². The summed E-state index contributed by atoms with van der Waals surface area (Å²) >= 11 is 0. The van der Waals surface area contributed by atoms with Gasteiger partial charge in [0.15, 0.2) is 0 Å². The van der Waals surface area contributed by atoms with Crippen molar-refractivity contribution in [2.45, 2.75) is 24.2 Å². The van der Waals surface area contributed by atoms with Gasteiger partial charge in [-0.05, 0) is 43.5 Å². The minimum absolute atomic E-state index is 0.139. The smallest absolute Gasteiger partial charge is 0.321 e. The van der Waals surface area contributed by atoms with Crippen LogP contribution in [0.15, 0.2) is 41.8 Å². The Bertz CT molecular complexity index is 620. The number of amides is 2. The molecule has 0 spiro atoms. The van der Waals surface area contributed by atoms with Gasteiger partial charge in [-0.1, -0.05) is 6.08 Å². The lowest BCUT2D eigenvalue weighted by molar-refractivity contribution is 0.200. The van der Waals surface area contributed by atoms with E-state index in [0.717, 1.165) is 32.4 Å². The molecule has 2 amide bonds. The monoisotopic (exact) mass is 323 g/mol. The van der Waals surface area contributed by atoms with Crippen LogP contribution in [0.2, 0.25) is 0 Å². The number of urea groups is 1. The van der Waals surface area contributed by atoms with Crippen molar-refractivity contribution in [2.24, 2.45) is 0 Å². The van der Waals surface area contributed by atoms with Crippen LogP contribution in [0.5, 0.6) is 0 Å². The number of anilines is 1. The van der Waals surface area contributed by atoms with E-state index in [2.05, 4.69) is 16.6 Å². The van der Waals surface area contributed by atoms with E-state index < -0.39 is 10.0 Å². The lowest BCUT2D eigenvalue weighted by atomic mass is 10.1. The first-order valence-corrected chi connectivity index (χ1v) is 8.78. The second-order valence-corrected chi connectivity index (χ2v) is 6.91. The second-order valence-electron chi connectivity index (χ2n) is 5.14. The standard InChI is InChI=1S/C15H21N3O3S/c1-2-10-16-22(20,21)14-8-6-13(7-9-14)17-15(19)18-11-4-3-5-12-18/h2,6-9,16H,1,3-5,10-12H2,(H,17,19). The number of carbonyl (C=O) groups is 1. The van der Waals surface area contributed by atoms with Gasteiger partial charge in [0.05, 0.1) is 4.90 Å². The fourth-order valence-electron chi connectivity index (χ4n) is 2.27. The highest BCUT2D eigenvalue weighted by atomic mass is 32.2. The molecule has 2 rings (SSSR count). The number of hydrogen-bond donors (Lipinski definition) is 2. The maximum absolute atomic E-state index is 12.1. The van der Waals surface area contributed by atoms with Crippen LogP contribution in [0.3, 0.4) is 0 Å². The summed E-state index contributed by atoms with van der Waals surface area (Å²) in [5, 5.41) is 2.79. The first kappa shape index (κ1) is 16.5. The fraction of sp³-hybridized carbons (Fsp3) is 0.400. The summed E-state index contributed by atoms with van der Waals surface area (Å²) in [5.74, 6) is 0. The maximum Gasteiger partial charge on any atom is 0.321 e. The van der Waals surface area contributed by atoms with Crippen molar-refractivity contribution in [3.63, 3.8) is 0 Å². The number of hydrogen-bond acceptors (Lipinski definition) is 3. The molecule has 7 heteroatoms. The Labute approximate surface area is 131 Å². The summed E-state index contributed by atoms with van der Waals surface area (Å²) in [6, 6.07) is 5.98. The van der Waals surface area contributed by atoms with Gasteiger partial charge in [-0.15, -0.1) is 6.58 Å². The average molecular weight is 323 g/mol. The van der Waals surface area contributed by atoms with E-state index in [1.807, 2.05) is 0 Å². The van der Waals surface area contributed by atoms with Gasteiger partial charge < -0.3 is 10.2 Å². The van der Waals surface area contributed by atoms with Crippen LogP contribution in [-0.2, 0) is 10.0 Å². The molecular weight excluding hydrogens is 302 g/mol. The average Bonchev–Trinajstić information content (AvgIpc) is 2.54. The molecule has 0 bridgehead atoms. The van der Waals surface area contributed by atoms with Crippen molar-refractivity contribution in [1.82, 2.24) is 9.62 Å².